The Morgan fingerprint density at radius 1 is 1.00 bits per heavy atom. The second-order valence-electron chi connectivity index (χ2n) is 6.88. The standard InChI is InChI=1S/C22H19FN8O/c1-13(14-2-4-15(23)5-3-14)28-22-29-18(17-11-25-7-6-16(17)21(24)32)10-19(31-22)30-20-12-26-8-9-27-20/h2-13H,1H3,(H2,24,32)(H2,27,28,29,30,31)/t13-/m0/s1. The highest BCUT2D eigenvalue weighted by molar-refractivity contribution is 5.99. The molecule has 0 aliphatic carbocycles. The molecule has 0 aliphatic rings. The van der Waals surface area contributed by atoms with Gasteiger partial charge in [-0.2, -0.15) is 4.98 Å². The average molecular weight is 430 g/mol. The highest BCUT2D eigenvalue weighted by Crippen LogP contribution is 2.27. The van der Waals surface area contributed by atoms with Gasteiger partial charge in [0.25, 0.3) is 0 Å². The Morgan fingerprint density at radius 2 is 1.78 bits per heavy atom. The summed E-state index contributed by atoms with van der Waals surface area (Å²) in [6.45, 7) is 1.90. The zero-order chi connectivity index (χ0) is 22.5. The maximum atomic E-state index is 13.3. The van der Waals surface area contributed by atoms with E-state index in [1.54, 1.807) is 36.8 Å². The molecule has 32 heavy (non-hydrogen) atoms. The minimum atomic E-state index is -0.598. The maximum absolute atomic E-state index is 13.3. The van der Waals surface area contributed by atoms with Crippen molar-refractivity contribution in [3.05, 3.63) is 84.3 Å². The third-order valence-electron chi connectivity index (χ3n) is 4.62. The first kappa shape index (κ1) is 20.8. The number of hydrogen-bond acceptors (Lipinski definition) is 8. The summed E-state index contributed by atoms with van der Waals surface area (Å²) < 4.78 is 13.3. The van der Waals surface area contributed by atoms with E-state index in [9.17, 15) is 9.18 Å². The first-order chi connectivity index (χ1) is 15.5. The van der Waals surface area contributed by atoms with Gasteiger partial charge in [0, 0.05) is 36.4 Å². The van der Waals surface area contributed by atoms with Crippen LogP contribution in [-0.2, 0) is 0 Å². The second-order valence-corrected chi connectivity index (χ2v) is 6.88. The largest absolute Gasteiger partial charge is 0.366 e. The van der Waals surface area contributed by atoms with Gasteiger partial charge >= 0.3 is 0 Å². The van der Waals surface area contributed by atoms with Gasteiger partial charge < -0.3 is 16.4 Å². The predicted octanol–water partition coefficient (Wildman–Crippen LogP) is 3.48. The summed E-state index contributed by atoms with van der Waals surface area (Å²) in [5.74, 6) is 0.272. The van der Waals surface area contributed by atoms with Crippen molar-refractivity contribution >= 4 is 23.5 Å². The first-order valence-electron chi connectivity index (χ1n) is 9.68. The number of carbonyl (C=O) groups is 1. The number of amides is 1. The molecule has 9 nitrogen and oxygen atoms in total. The van der Waals surface area contributed by atoms with Gasteiger partial charge in [0.05, 0.1) is 23.5 Å². The fraction of sp³-hybridized carbons (Fsp3) is 0.0909. The van der Waals surface area contributed by atoms with Crippen LogP contribution in [-0.4, -0.2) is 30.8 Å². The number of anilines is 3. The lowest BCUT2D eigenvalue weighted by Crippen LogP contribution is -2.14. The van der Waals surface area contributed by atoms with Gasteiger partial charge in [-0.25, -0.2) is 14.4 Å². The number of nitrogens with zero attached hydrogens (tertiary/aromatic N) is 5. The zero-order valence-electron chi connectivity index (χ0n) is 17.0. The first-order valence-corrected chi connectivity index (χ1v) is 9.68. The van der Waals surface area contributed by atoms with Gasteiger partial charge in [0.15, 0.2) is 0 Å². The minimum absolute atomic E-state index is 0.222. The minimum Gasteiger partial charge on any atom is -0.366 e. The van der Waals surface area contributed by atoms with E-state index < -0.39 is 5.91 Å². The summed E-state index contributed by atoms with van der Waals surface area (Å²) in [6.07, 6.45) is 7.66. The number of aromatic nitrogens is 5. The fourth-order valence-corrected chi connectivity index (χ4v) is 3.05. The fourth-order valence-electron chi connectivity index (χ4n) is 3.05. The van der Waals surface area contributed by atoms with Crippen molar-refractivity contribution in [1.82, 2.24) is 24.9 Å². The molecule has 0 spiro atoms. The molecule has 0 unspecified atom stereocenters. The van der Waals surface area contributed by atoms with Crippen LogP contribution < -0.4 is 16.4 Å². The van der Waals surface area contributed by atoms with Crippen LogP contribution >= 0.6 is 0 Å². The van der Waals surface area contributed by atoms with Crippen LogP contribution in [0.2, 0.25) is 0 Å². The average Bonchev–Trinajstić information content (AvgIpc) is 2.80. The topological polar surface area (TPSA) is 132 Å². The number of benzene rings is 1. The van der Waals surface area contributed by atoms with E-state index >= 15 is 0 Å². The molecule has 4 rings (SSSR count). The number of hydrogen-bond donors (Lipinski definition) is 3. The molecule has 0 radical (unpaired) electrons. The number of primary amides is 1. The van der Waals surface area contributed by atoms with Crippen molar-refractivity contribution < 1.29 is 9.18 Å². The quantitative estimate of drug-likeness (QED) is 0.406. The number of halogens is 1. The molecule has 160 valence electrons. The summed E-state index contributed by atoms with van der Waals surface area (Å²) >= 11 is 0. The molecule has 4 N–H and O–H groups in total. The summed E-state index contributed by atoms with van der Waals surface area (Å²) in [4.78, 5) is 33.3. The van der Waals surface area contributed by atoms with Crippen LogP contribution in [0.25, 0.3) is 11.3 Å². The highest BCUT2D eigenvalue weighted by Gasteiger charge is 2.16. The van der Waals surface area contributed by atoms with Gasteiger partial charge in [-0.1, -0.05) is 12.1 Å². The molecule has 4 aromatic rings. The molecule has 3 heterocycles. The van der Waals surface area contributed by atoms with E-state index in [2.05, 4.69) is 35.6 Å². The molecular formula is C22H19FN8O. The van der Waals surface area contributed by atoms with Crippen LogP contribution in [0.5, 0.6) is 0 Å². The van der Waals surface area contributed by atoms with Crippen molar-refractivity contribution in [1.29, 1.82) is 0 Å². The normalized spacial score (nSPS) is 11.6. The molecule has 0 saturated carbocycles. The monoisotopic (exact) mass is 430 g/mol. The zero-order valence-corrected chi connectivity index (χ0v) is 17.0. The Morgan fingerprint density at radius 3 is 2.50 bits per heavy atom. The maximum Gasteiger partial charge on any atom is 0.249 e. The van der Waals surface area contributed by atoms with Crippen LogP contribution in [0.3, 0.4) is 0 Å². The number of rotatable bonds is 7. The second kappa shape index (κ2) is 9.13. The van der Waals surface area contributed by atoms with Crippen LogP contribution in [0.15, 0.2) is 67.4 Å². The summed E-state index contributed by atoms with van der Waals surface area (Å²) in [5.41, 5.74) is 7.55. The van der Waals surface area contributed by atoms with E-state index in [0.717, 1.165) is 5.56 Å². The third kappa shape index (κ3) is 4.81. The van der Waals surface area contributed by atoms with Crippen molar-refractivity contribution in [3.63, 3.8) is 0 Å². The molecule has 0 aliphatic heterocycles. The van der Waals surface area contributed by atoms with Gasteiger partial charge in [0.2, 0.25) is 11.9 Å². The molecule has 1 amide bonds. The van der Waals surface area contributed by atoms with Crippen molar-refractivity contribution in [2.24, 2.45) is 5.73 Å². The molecule has 0 saturated heterocycles. The lowest BCUT2D eigenvalue weighted by atomic mass is 10.1. The number of nitrogens with two attached hydrogens (primary N) is 1. The van der Waals surface area contributed by atoms with E-state index in [-0.39, 0.29) is 23.4 Å². The number of nitrogens with one attached hydrogen (secondary N) is 2. The SMILES string of the molecule is C[C@H](Nc1nc(Nc2cnccn2)cc(-c2cnccc2C(N)=O)n1)c1ccc(F)cc1. The van der Waals surface area contributed by atoms with Crippen LogP contribution in [0, 0.1) is 5.82 Å². The Labute approximate surface area is 183 Å². The van der Waals surface area contributed by atoms with Crippen LogP contribution in [0.4, 0.5) is 22.0 Å². The molecule has 0 fully saturated rings. The molecule has 3 aromatic heterocycles. The van der Waals surface area contributed by atoms with E-state index in [1.165, 1.54) is 30.6 Å². The Hall–Kier alpha value is -4.47. The Bertz CT molecular complexity index is 1230. The molecule has 0 bridgehead atoms. The molecule has 1 aromatic carbocycles. The van der Waals surface area contributed by atoms with Gasteiger partial charge in [-0.05, 0) is 30.7 Å². The summed E-state index contributed by atoms with van der Waals surface area (Å²) in [5, 5.41) is 6.28. The van der Waals surface area contributed by atoms with Crippen molar-refractivity contribution in [3.8, 4) is 11.3 Å². The van der Waals surface area contributed by atoms with Gasteiger partial charge in [-0.15, -0.1) is 0 Å². The van der Waals surface area contributed by atoms with Crippen molar-refractivity contribution in [2.45, 2.75) is 13.0 Å². The van der Waals surface area contributed by atoms with Gasteiger partial charge in [-0.3, -0.25) is 14.8 Å². The summed E-state index contributed by atoms with van der Waals surface area (Å²) in [7, 11) is 0. The van der Waals surface area contributed by atoms with E-state index in [4.69, 9.17) is 5.73 Å². The van der Waals surface area contributed by atoms with Gasteiger partial charge in [0.1, 0.15) is 17.5 Å². The molecule has 1 atom stereocenters. The number of carbonyl (C=O) groups excluding carboxylic acids is 1. The molecule has 10 heteroatoms. The highest BCUT2D eigenvalue weighted by atomic mass is 19.1. The Kier molecular flexibility index (Phi) is 5.93. The smallest absolute Gasteiger partial charge is 0.249 e. The Balaban J connectivity index is 1.73. The predicted molar refractivity (Wildman–Crippen MR) is 118 cm³/mol. The van der Waals surface area contributed by atoms with Crippen molar-refractivity contribution in [2.75, 3.05) is 10.6 Å². The van der Waals surface area contributed by atoms with Crippen LogP contribution in [0.1, 0.15) is 28.9 Å². The van der Waals surface area contributed by atoms with E-state index in [1.807, 2.05) is 6.92 Å². The third-order valence-corrected chi connectivity index (χ3v) is 4.62. The lowest BCUT2D eigenvalue weighted by Gasteiger charge is -2.16. The summed E-state index contributed by atoms with van der Waals surface area (Å²) in [6, 6.07) is 9.11. The lowest BCUT2D eigenvalue weighted by molar-refractivity contribution is 0.100. The molecular weight excluding hydrogens is 411 g/mol. The van der Waals surface area contributed by atoms with E-state index in [0.29, 0.717) is 22.9 Å². The number of pyridine rings is 1.